The topological polar surface area (TPSA) is 72.9 Å². The smallest absolute Gasteiger partial charge is 0.337 e. The van der Waals surface area contributed by atoms with E-state index in [-0.39, 0.29) is 12.5 Å². The fourth-order valence-corrected chi connectivity index (χ4v) is 3.06. The van der Waals surface area contributed by atoms with Gasteiger partial charge in [0.2, 0.25) is 0 Å². The number of aryl methyl sites for hydroxylation is 1. The predicted octanol–water partition coefficient (Wildman–Crippen LogP) is 3.01. The Morgan fingerprint density at radius 2 is 1.82 bits per heavy atom. The number of esters is 2. The molecule has 0 atom stereocenters. The van der Waals surface area contributed by atoms with Crippen molar-refractivity contribution in [3.05, 3.63) is 71.3 Å². The van der Waals surface area contributed by atoms with Crippen LogP contribution in [0.4, 0.5) is 5.69 Å². The van der Waals surface area contributed by atoms with Gasteiger partial charge in [0.1, 0.15) is 0 Å². The molecule has 1 amide bonds. The van der Waals surface area contributed by atoms with Gasteiger partial charge in [-0.1, -0.05) is 30.3 Å². The monoisotopic (exact) mass is 379 g/mol. The van der Waals surface area contributed by atoms with Crippen molar-refractivity contribution < 1.29 is 23.9 Å². The fourth-order valence-electron chi connectivity index (χ4n) is 3.06. The van der Waals surface area contributed by atoms with E-state index >= 15 is 0 Å². The van der Waals surface area contributed by atoms with Crippen LogP contribution in [0.1, 0.15) is 27.9 Å². The van der Waals surface area contributed by atoms with E-state index in [4.69, 9.17) is 4.74 Å². The average Bonchev–Trinajstić information content (AvgIpc) is 2.75. The number of hydrogen-bond donors (Lipinski definition) is 0. The van der Waals surface area contributed by atoms with Crippen LogP contribution in [0, 0.1) is 0 Å². The number of ether oxygens (including phenoxy) is 2. The minimum atomic E-state index is -0.601. The highest BCUT2D eigenvalue weighted by molar-refractivity contribution is 5.97. The van der Waals surface area contributed by atoms with E-state index in [0.29, 0.717) is 12.1 Å². The molecular weight excluding hydrogens is 358 g/mol. The summed E-state index contributed by atoms with van der Waals surface area (Å²) >= 11 is 0. The van der Waals surface area contributed by atoms with Crippen LogP contribution in [-0.4, -0.2) is 38.1 Å². The summed E-state index contributed by atoms with van der Waals surface area (Å²) in [5.41, 5.74) is 3.16. The van der Waals surface area contributed by atoms with E-state index in [1.54, 1.807) is 35.2 Å². The second-order valence-corrected chi connectivity index (χ2v) is 6.33. The van der Waals surface area contributed by atoms with Crippen molar-refractivity contribution in [1.82, 2.24) is 0 Å². The highest BCUT2D eigenvalue weighted by atomic mass is 16.5. The summed E-state index contributed by atoms with van der Waals surface area (Å²) in [4.78, 5) is 37.4. The second kappa shape index (κ2) is 8.99. The van der Waals surface area contributed by atoms with Crippen molar-refractivity contribution in [1.29, 1.82) is 0 Å². The summed E-state index contributed by atoms with van der Waals surface area (Å²) in [6.07, 6.45) is 4.64. The van der Waals surface area contributed by atoms with Crippen molar-refractivity contribution in [3.8, 4) is 0 Å². The molecule has 6 nitrogen and oxygen atoms in total. The van der Waals surface area contributed by atoms with Crippen LogP contribution in [0.3, 0.4) is 0 Å². The molecule has 0 spiro atoms. The largest absolute Gasteiger partial charge is 0.465 e. The fraction of sp³-hybridized carbons (Fsp3) is 0.227. The number of benzene rings is 2. The zero-order valence-electron chi connectivity index (χ0n) is 15.6. The molecule has 1 aliphatic heterocycles. The minimum absolute atomic E-state index is 0.240. The number of nitrogens with zero attached hydrogens (tertiary/aromatic N) is 1. The second-order valence-electron chi connectivity index (χ2n) is 6.33. The number of fused-ring (bicyclic) bond motifs is 1. The zero-order valence-corrected chi connectivity index (χ0v) is 15.6. The molecule has 0 N–H and O–H groups in total. The summed E-state index contributed by atoms with van der Waals surface area (Å²) in [5, 5.41) is 0. The maximum absolute atomic E-state index is 12.5. The highest BCUT2D eigenvalue weighted by Gasteiger charge is 2.22. The number of methoxy groups -OCH3 is 1. The molecule has 144 valence electrons. The minimum Gasteiger partial charge on any atom is -0.465 e. The number of carbonyl (C=O) groups is 3. The first kappa shape index (κ1) is 19.4. The lowest BCUT2D eigenvalue weighted by molar-refractivity contribution is -0.142. The molecule has 0 saturated carbocycles. The molecule has 28 heavy (non-hydrogen) atoms. The first-order valence-corrected chi connectivity index (χ1v) is 9.00. The molecule has 1 heterocycles. The van der Waals surface area contributed by atoms with Crippen molar-refractivity contribution in [3.63, 3.8) is 0 Å². The Morgan fingerprint density at radius 3 is 2.57 bits per heavy atom. The number of rotatable bonds is 5. The molecule has 1 aliphatic rings. The first-order chi connectivity index (χ1) is 13.6. The molecule has 0 fully saturated rings. The molecule has 0 saturated heterocycles. The molecular formula is C22H21NO5. The van der Waals surface area contributed by atoms with E-state index < -0.39 is 11.9 Å². The summed E-state index contributed by atoms with van der Waals surface area (Å²) in [6, 6.07) is 14.3. The van der Waals surface area contributed by atoms with Gasteiger partial charge in [0, 0.05) is 18.3 Å². The molecule has 0 aromatic heterocycles. The number of amides is 1. The Hall–Kier alpha value is -3.41. The molecule has 0 unspecified atom stereocenters. The Morgan fingerprint density at radius 1 is 1.07 bits per heavy atom. The van der Waals surface area contributed by atoms with Crippen LogP contribution in [0.15, 0.2) is 54.6 Å². The molecule has 0 radical (unpaired) electrons. The molecule has 2 aromatic rings. The number of carbonyl (C=O) groups excluding carboxylic acids is 3. The van der Waals surface area contributed by atoms with E-state index in [1.165, 1.54) is 13.2 Å². The SMILES string of the molecule is COC(=O)c1ccc(/C=C/C(=O)OCC(=O)N2CCCc3ccccc32)cc1. The molecule has 0 aliphatic carbocycles. The highest BCUT2D eigenvalue weighted by Crippen LogP contribution is 2.26. The average molecular weight is 379 g/mol. The molecule has 2 aromatic carbocycles. The van der Waals surface area contributed by atoms with Crippen molar-refractivity contribution in [2.24, 2.45) is 0 Å². The summed E-state index contributed by atoms with van der Waals surface area (Å²) in [7, 11) is 1.32. The number of para-hydroxylation sites is 1. The van der Waals surface area contributed by atoms with Gasteiger partial charge >= 0.3 is 11.9 Å². The van der Waals surface area contributed by atoms with Gasteiger partial charge in [0.25, 0.3) is 5.91 Å². The third-order valence-electron chi connectivity index (χ3n) is 4.49. The van der Waals surface area contributed by atoms with Crippen LogP contribution in [0.2, 0.25) is 0 Å². The Labute approximate surface area is 163 Å². The first-order valence-electron chi connectivity index (χ1n) is 9.00. The summed E-state index contributed by atoms with van der Waals surface area (Å²) in [5.74, 6) is -1.26. The normalized spacial score (nSPS) is 13.1. The van der Waals surface area contributed by atoms with E-state index in [2.05, 4.69) is 4.74 Å². The van der Waals surface area contributed by atoms with Gasteiger partial charge in [-0.05, 0) is 48.2 Å². The van der Waals surface area contributed by atoms with Gasteiger partial charge in [-0.15, -0.1) is 0 Å². The summed E-state index contributed by atoms with van der Waals surface area (Å²) < 4.78 is 9.72. The van der Waals surface area contributed by atoms with Crippen molar-refractivity contribution in [2.45, 2.75) is 12.8 Å². The van der Waals surface area contributed by atoms with Gasteiger partial charge in [0.15, 0.2) is 6.61 Å². The Balaban J connectivity index is 1.54. The Bertz CT molecular complexity index is 901. The molecule has 0 bridgehead atoms. The lowest BCUT2D eigenvalue weighted by atomic mass is 10.0. The van der Waals surface area contributed by atoms with Crippen LogP contribution in [-0.2, 0) is 25.5 Å². The van der Waals surface area contributed by atoms with Crippen molar-refractivity contribution in [2.75, 3.05) is 25.2 Å². The van der Waals surface area contributed by atoms with Gasteiger partial charge in [-0.3, -0.25) is 4.79 Å². The number of hydrogen-bond acceptors (Lipinski definition) is 5. The van der Waals surface area contributed by atoms with E-state index in [1.807, 2.05) is 24.3 Å². The third-order valence-corrected chi connectivity index (χ3v) is 4.49. The third kappa shape index (κ3) is 4.65. The molecule has 6 heteroatoms. The van der Waals surface area contributed by atoms with Crippen LogP contribution < -0.4 is 4.90 Å². The maximum Gasteiger partial charge on any atom is 0.337 e. The van der Waals surface area contributed by atoms with Gasteiger partial charge in [-0.25, -0.2) is 9.59 Å². The lowest BCUT2D eigenvalue weighted by Crippen LogP contribution is -2.38. The van der Waals surface area contributed by atoms with Crippen LogP contribution in [0.5, 0.6) is 0 Å². The standard InChI is InChI=1S/C22H21NO5/c1-27-22(26)18-11-8-16(9-12-18)10-13-21(25)28-15-20(24)23-14-4-6-17-5-2-3-7-19(17)23/h2-3,5,7-13H,4,6,14-15H2,1H3/b13-10+. The molecule has 3 rings (SSSR count). The number of anilines is 1. The van der Waals surface area contributed by atoms with Crippen molar-refractivity contribution >= 4 is 29.6 Å². The Kier molecular flexibility index (Phi) is 6.22. The van der Waals surface area contributed by atoms with E-state index in [9.17, 15) is 14.4 Å². The van der Waals surface area contributed by atoms with E-state index in [0.717, 1.165) is 29.7 Å². The quantitative estimate of drug-likeness (QED) is 0.590. The predicted molar refractivity (Wildman–Crippen MR) is 105 cm³/mol. The van der Waals surface area contributed by atoms with Crippen LogP contribution >= 0.6 is 0 Å². The van der Waals surface area contributed by atoms with Gasteiger partial charge < -0.3 is 14.4 Å². The van der Waals surface area contributed by atoms with Gasteiger partial charge in [0.05, 0.1) is 12.7 Å². The lowest BCUT2D eigenvalue weighted by Gasteiger charge is -2.29. The summed E-state index contributed by atoms with van der Waals surface area (Å²) in [6.45, 7) is 0.314. The van der Waals surface area contributed by atoms with Crippen LogP contribution in [0.25, 0.3) is 6.08 Å². The zero-order chi connectivity index (χ0) is 19.9. The van der Waals surface area contributed by atoms with Gasteiger partial charge in [-0.2, -0.15) is 0 Å². The maximum atomic E-state index is 12.5.